The fourth-order valence-corrected chi connectivity index (χ4v) is 2.35. The number of benzene rings is 2. The van der Waals surface area contributed by atoms with Gasteiger partial charge in [-0.05, 0) is 35.2 Å². The Bertz CT molecular complexity index is 505. The molecule has 0 aliphatic rings. The second-order valence-corrected chi connectivity index (χ2v) is 5.02. The van der Waals surface area contributed by atoms with E-state index >= 15 is 0 Å². The third-order valence-corrected chi connectivity index (χ3v) is 3.50. The number of aliphatic hydroxyl groups is 1. The summed E-state index contributed by atoms with van der Waals surface area (Å²) in [5.74, 6) is 0.750. The van der Waals surface area contributed by atoms with E-state index in [0.717, 1.165) is 11.3 Å². The lowest BCUT2D eigenvalue weighted by Crippen LogP contribution is -2.07. The van der Waals surface area contributed by atoms with Crippen molar-refractivity contribution in [1.29, 1.82) is 0 Å². The van der Waals surface area contributed by atoms with E-state index in [1.807, 2.05) is 54.6 Å². The lowest BCUT2D eigenvalue weighted by Gasteiger charge is -2.12. The van der Waals surface area contributed by atoms with Crippen molar-refractivity contribution in [1.82, 2.24) is 4.72 Å². The SMILES string of the molecule is COc1cccc(C(O)SNCc2ccccc2)c1. The van der Waals surface area contributed by atoms with Crippen molar-refractivity contribution < 1.29 is 9.84 Å². The van der Waals surface area contributed by atoms with E-state index < -0.39 is 5.44 Å². The highest BCUT2D eigenvalue weighted by Gasteiger charge is 2.08. The molecular formula is C15H17NO2S. The van der Waals surface area contributed by atoms with E-state index in [0.29, 0.717) is 6.54 Å². The van der Waals surface area contributed by atoms with Crippen LogP contribution >= 0.6 is 11.9 Å². The Morgan fingerprint density at radius 3 is 2.68 bits per heavy atom. The maximum atomic E-state index is 10.1. The zero-order valence-corrected chi connectivity index (χ0v) is 11.6. The summed E-state index contributed by atoms with van der Waals surface area (Å²) in [5.41, 5.74) is 1.40. The maximum absolute atomic E-state index is 10.1. The fraction of sp³-hybridized carbons (Fsp3) is 0.200. The monoisotopic (exact) mass is 275 g/mol. The largest absolute Gasteiger partial charge is 0.497 e. The normalized spacial score (nSPS) is 12.1. The van der Waals surface area contributed by atoms with E-state index in [-0.39, 0.29) is 0 Å². The molecule has 0 saturated carbocycles. The van der Waals surface area contributed by atoms with Crippen LogP contribution in [-0.2, 0) is 6.54 Å². The molecule has 0 saturated heterocycles. The molecule has 19 heavy (non-hydrogen) atoms. The van der Waals surface area contributed by atoms with Crippen LogP contribution in [0, 0.1) is 0 Å². The van der Waals surface area contributed by atoms with Gasteiger partial charge in [-0.25, -0.2) is 0 Å². The van der Waals surface area contributed by atoms with Gasteiger partial charge in [-0.2, -0.15) is 0 Å². The number of ether oxygens (including phenoxy) is 1. The zero-order chi connectivity index (χ0) is 13.5. The molecule has 0 heterocycles. The predicted octanol–water partition coefficient (Wildman–Crippen LogP) is 3.12. The van der Waals surface area contributed by atoms with Gasteiger partial charge < -0.3 is 9.84 Å². The molecule has 0 aliphatic heterocycles. The molecule has 0 radical (unpaired) electrons. The Hall–Kier alpha value is -1.49. The van der Waals surface area contributed by atoms with E-state index in [4.69, 9.17) is 4.74 Å². The molecule has 2 N–H and O–H groups in total. The number of hydrogen-bond acceptors (Lipinski definition) is 4. The molecule has 0 fully saturated rings. The molecule has 0 bridgehead atoms. The van der Waals surface area contributed by atoms with Crippen LogP contribution in [0.5, 0.6) is 5.75 Å². The summed E-state index contributed by atoms with van der Waals surface area (Å²) in [5, 5.41) is 10.1. The van der Waals surface area contributed by atoms with Crippen LogP contribution < -0.4 is 9.46 Å². The first-order valence-electron chi connectivity index (χ1n) is 6.04. The van der Waals surface area contributed by atoms with Crippen molar-refractivity contribution in [2.24, 2.45) is 0 Å². The third kappa shape index (κ3) is 4.28. The van der Waals surface area contributed by atoms with Gasteiger partial charge >= 0.3 is 0 Å². The van der Waals surface area contributed by atoms with Crippen molar-refractivity contribution in [3.8, 4) is 5.75 Å². The first-order chi connectivity index (χ1) is 9.29. The lowest BCUT2D eigenvalue weighted by molar-refractivity contribution is 0.268. The second-order valence-electron chi connectivity index (χ2n) is 4.05. The van der Waals surface area contributed by atoms with Gasteiger partial charge in [0.15, 0.2) is 0 Å². The van der Waals surface area contributed by atoms with Crippen molar-refractivity contribution in [2.75, 3.05) is 7.11 Å². The van der Waals surface area contributed by atoms with Gasteiger partial charge in [-0.3, -0.25) is 4.72 Å². The Labute approximate surface area is 117 Å². The van der Waals surface area contributed by atoms with Gasteiger partial charge in [0.25, 0.3) is 0 Å². The summed E-state index contributed by atoms with van der Waals surface area (Å²) in [7, 11) is 1.62. The number of aliphatic hydroxyl groups excluding tert-OH is 1. The van der Waals surface area contributed by atoms with Crippen LogP contribution in [0.25, 0.3) is 0 Å². The first-order valence-corrected chi connectivity index (χ1v) is 6.92. The molecule has 3 nitrogen and oxygen atoms in total. The number of methoxy groups -OCH3 is 1. The van der Waals surface area contributed by atoms with Crippen molar-refractivity contribution >= 4 is 11.9 Å². The Morgan fingerprint density at radius 1 is 1.16 bits per heavy atom. The minimum atomic E-state index is -0.612. The minimum Gasteiger partial charge on any atom is -0.497 e. The van der Waals surface area contributed by atoms with E-state index in [1.165, 1.54) is 17.5 Å². The van der Waals surface area contributed by atoms with E-state index in [2.05, 4.69) is 4.72 Å². The lowest BCUT2D eigenvalue weighted by atomic mass is 10.2. The summed E-state index contributed by atoms with van der Waals surface area (Å²) < 4.78 is 8.30. The van der Waals surface area contributed by atoms with Crippen LogP contribution in [0.15, 0.2) is 54.6 Å². The molecule has 2 rings (SSSR count). The van der Waals surface area contributed by atoms with Crippen LogP contribution in [0.1, 0.15) is 16.6 Å². The van der Waals surface area contributed by atoms with Gasteiger partial charge in [0.05, 0.1) is 7.11 Å². The summed E-state index contributed by atoms with van der Waals surface area (Å²) in [6.45, 7) is 0.715. The van der Waals surface area contributed by atoms with Crippen LogP contribution in [-0.4, -0.2) is 12.2 Å². The minimum absolute atomic E-state index is 0.612. The molecule has 0 aromatic heterocycles. The van der Waals surface area contributed by atoms with Gasteiger partial charge in [-0.15, -0.1) is 0 Å². The molecule has 100 valence electrons. The highest BCUT2D eigenvalue weighted by molar-refractivity contribution is 7.97. The predicted molar refractivity (Wildman–Crippen MR) is 78.8 cm³/mol. The number of hydrogen-bond donors (Lipinski definition) is 2. The van der Waals surface area contributed by atoms with Crippen LogP contribution in [0.4, 0.5) is 0 Å². The average Bonchev–Trinajstić information content (AvgIpc) is 2.48. The van der Waals surface area contributed by atoms with Crippen LogP contribution in [0.2, 0.25) is 0 Å². The molecule has 0 amide bonds. The van der Waals surface area contributed by atoms with E-state index in [1.54, 1.807) is 7.11 Å². The molecule has 4 heteroatoms. The average molecular weight is 275 g/mol. The van der Waals surface area contributed by atoms with E-state index in [9.17, 15) is 5.11 Å². The highest BCUT2D eigenvalue weighted by Crippen LogP contribution is 2.26. The van der Waals surface area contributed by atoms with Crippen molar-refractivity contribution in [3.63, 3.8) is 0 Å². The topological polar surface area (TPSA) is 41.5 Å². The Morgan fingerprint density at radius 2 is 1.95 bits per heavy atom. The molecule has 2 aromatic rings. The van der Waals surface area contributed by atoms with Gasteiger partial charge in [-0.1, -0.05) is 42.5 Å². The van der Waals surface area contributed by atoms with Crippen molar-refractivity contribution in [2.45, 2.75) is 12.0 Å². The number of nitrogens with one attached hydrogen (secondary N) is 1. The Kier molecular flexibility index (Phi) is 5.27. The molecule has 0 aliphatic carbocycles. The smallest absolute Gasteiger partial charge is 0.139 e. The summed E-state index contributed by atoms with van der Waals surface area (Å²) >= 11 is 1.29. The molecule has 2 aromatic carbocycles. The zero-order valence-electron chi connectivity index (χ0n) is 10.7. The molecule has 1 unspecified atom stereocenters. The number of rotatable bonds is 6. The van der Waals surface area contributed by atoms with Crippen LogP contribution in [0.3, 0.4) is 0 Å². The molecule has 0 spiro atoms. The molecular weight excluding hydrogens is 258 g/mol. The van der Waals surface area contributed by atoms with Crippen molar-refractivity contribution in [3.05, 3.63) is 65.7 Å². The highest BCUT2D eigenvalue weighted by atomic mass is 32.2. The third-order valence-electron chi connectivity index (χ3n) is 2.69. The fourth-order valence-electron chi connectivity index (χ4n) is 1.66. The molecule has 1 atom stereocenters. The summed E-state index contributed by atoms with van der Waals surface area (Å²) in [4.78, 5) is 0. The Balaban J connectivity index is 1.85. The van der Waals surface area contributed by atoms with Gasteiger partial charge in [0.1, 0.15) is 11.2 Å². The second kappa shape index (κ2) is 7.19. The summed E-state index contributed by atoms with van der Waals surface area (Å²) in [6.07, 6.45) is 0. The van der Waals surface area contributed by atoms with Gasteiger partial charge in [0.2, 0.25) is 0 Å². The quantitative estimate of drug-likeness (QED) is 0.628. The first kappa shape index (κ1) is 13.9. The summed E-state index contributed by atoms with van der Waals surface area (Å²) in [6, 6.07) is 17.5. The standard InChI is InChI=1S/C15H17NO2S/c1-18-14-9-5-8-13(10-14)15(17)19-16-11-12-6-3-2-4-7-12/h2-10,15-17H,11H2,1H3. The maximum Gasteiger partial charge on any atom is 0.139 e. The van der Waals surface area contributed by atoms with Gasteiger partial charge in [0, 0.05) is 6.54 Å².